The van der Waals surface area contributed by atoms with Gasteiger partial charge in [-0.15, -0.1) is 0 Å². The predicted octanol–water partition coefficient (Wildman–Crippen LogP) is 4.72. The first-order chi connectivity index (χ1) is 20.3. The van der Waals surface area contributed by atoms with Gasteiger partial charge in [-0.3, -0.25) is 14.4 Å². The number of Topliss-reactive ketones (excluding diaryl/α,β-unsaturated/α-hetero) is 1. The van der Waals surface area contributed by atoms with Crippen LogP contribution in [0.4, 0.5) is 14.6 Å². The topological polar surface area (TPSA) is 96.8 Å². The van der Waals surface area contributed by atoms with Crippen molar-refractivity contribution in [3.8, 4) is 0 Å². The fourth-order valence-electron chi connectivity index (χ4n) is 9.98. The molecular formula is C34H36F2N2O5. The molecule has 1 aliphatic heterocycles. The van der Waals surface area contributed by atoms with Gasteiger partial charge in [-0.05, 0) is 79.4 Å². The number of pyridine rings is 1. The Labute approximate surface area is 249 Å². The van der Waals surface area contributed by atoms with Gasteiger partial charge in [-0.2, -0.15) is 0 Å². The number of hydrogen-bond donors (Lipinski definition) is 1. The molecule has 1 aromatic heterocycles. The third kappa shape index (κ3) is 3.60. The second-order valence-corrected chi connectivity index (χ2v) is 13.7. The van der Waals surface area contributed by atoms with E-state index in [4.69, 9.17) is 9.72 Å². The van der Waals surface area contributed by atoms with Gasteiger partial charge in [0, 0.05) is 36.7 Å². The molecule has 4 fully saturated rings. The highest BCUT2D eigenvalue weighted by Gasteiger charge is 2.78. The van der Waals surface area contributed by atoms with Crippen molar-refractivity contribution in [3.63, 3.8) is 0 Å². The number of para-hydroxylation sites is 1. The molecule has 0 radical (unpaired) electrons. The number of aromatic nitrogens is 1. The Morgan fingerprint density at radius 1 is 1.14 bits per heavy atom. The van der Waals surface area contributed by atoms with Gasteiger partial charge < -0.3 is 14.7 Å². The quantitative estimate of drug-likeness (QED) is 0.515. The van der Waals surface area contributed by atoms with E-state index < -0.39 is 58.6 Å². The molecule has 0 unspecified atom stereocenters. The number of carbonyl (C=O) groups is 3. The summed E-state index contributed by atoms with van der Waals surface area (Å²) in [5.74, 6) is -2.06. The average molecular weight is 591 g/mol. The summed E-state index contributed by atoms with van der Waals surface area (Å²) in [4.78, 5) is 45.2. The third-order valence-corrected chi connectivity index (χ3v) is 12.0. The standard InChI is InChI=1S/C34H36F2N2O5/c1-19(39)43-17-29(42)33-18-38(30-9-8-20-6-4-5-7-27(20)37-30)16-21(33)12-23-24-14-26(35)25-13-22(40)10-11-31(25,2)34(24,36)28(41)15-32(23,33)3/h4-11,13,21,23-24,26,28,41H,12,14-18H2,1-3H3/t21-,23-,24-,26-,28-,31-,32-,33+,34-/m0/s1. The highest BCUT2D eigenvalue weighted by atomic mass is 19.1. The molecule has 2 heterocycles. The van der Waals surface area contributed by atoms with E-state index in [2.05, 4.69) is 4.90 Å². The number of rotatable bonds is 4. The summed E-state index contributed by atoms with van der Waals surface area (Å²) in [6.07, 6.45) is 1.09. The maximum absolute atomic E-state index is 17.7. The van der Waals surface area contributed by atoms with E-state index in [0.29, 0.717) is 18.8 Å². The van der Waals surface area contributed by atoms with Gasteiger partial charge in [0.25, 0.3) is 0 Å². The van der Waals surface area contributed by atoms with Gasteiger partial charge in [-0.25, -0.2) is 13.8 Å². The van der Waals surface area contributed by atoms with Crippen LogP contribution in [0.5, 0.6) is 0 Å². The fourth-order valence-corrected chi connectivity index (χ4v) is 9.98. The van der Waals surface area contributed by atoms with Crippen molar-refractivity contribution in [2.75, 3.05) is 24.6 Å². The van der Waals surface area contributed by atoms with Crippen LogP contribution in [-0.2, 0) is 19.1 Å². The minimum Gasteiger partial charge on any atom is -0.458 e. The van der Waals surface area contributed by atoms with Crippen LogP contribution in [0.2, 0.25) is 0 Å². The van der Waals surface area contributed by atoms with E-state index in [-0.39, 0.29) is 42.4 Å². The number of aliphatic hydroxyl groups excluding tert-OH is 1. The number of hydrogen-bond acceptors (Lipinski definition) is 7. The second-order valence-electron chi connectivity index (χ2n) is 13.7. The molecule has 9 heteroatoms. The molecule has 226 valence electrons. The zero-order valence-electron chi connectivity index (χ0n) is 24.6. The summed E-state index contributed by atoms with van der Waals surface area (Å²) in [5, 5.41) is 12.8. The summed E-state index contributed by atoms with van der Waals surface area (Å²) >= 11 is 0. The average Bonchev–Trinajstić information content (AvgIpc) is 3.47. The number of nitrogens with zero attached hydrogens (tertiary/aromatic N) is 2. The molecule has 5 aliphatic rings. The lowest BCUT2D eigenvalue weighted by atomic mass is 9.43. The number of aliphatic hydroxyl groups is 1. The Kier molecular flexibility index (Phi) is 6.11. The number of ether oxygens (including phenoxy) is 1. The van der Waals surface area contributed by atoms with E-state index in [1.807, 2.05) is 43.3 Å². The molecule has 1 N–H and O–H groups in total. The molecule has 2 aromatic rings. The summed E-state index contributed by atoms with van der Waals surface area (Å²) in [6.45, 7) is 5.09. The Bertz CT molecular complexity index is 1620. The number of allylic oxidation sites excluding steroid dienone is 4. The number of alkyl halides is 2. The Morgan fingerprint density at radius 2 is 1.91 bits per heavy atom. The minimum atomic E-state index is -2.22. The van der Waals surface area contributed by atoms with Gasteiger partial charge in [0.2, 0.25) is 0 Å². The number of fused-ring (bicyclic) bond motifs is 8. The molecule has 0 spiro atoms. The van der Waals surface area contributed by atoms with Gasteiger partial charge in [0.1, 0.15) is 12.0 Å². The number of halogens is 2. The molecule has 9 atom stereocenters. The van der Waals surface area contributed by atoms with E-state index in [1.165, 1.54) is 25.2 Å². The molecule has 7 rings (SSSR count). The first-order valence-electron chi connectivity index (χ1n) is 15.1. The van der Waals surface area contributed by atoms with Crippen LogP contribution >= 0.6 is 0 Å². The molecule has 7 nitrogen and oxygen atoms in total. The van der Waals surface area contributed by atoms with E-state index in [9.17, 15) is 19.5 Å². The van der Waals surface area contributed by atoms with E-state index in [1.54, 1.807) is 6.92 Å². The van der Waals surface area contributed by atoms with Crippen LogP contribution in [0.25, 0.3) is 10.9 Å². The van der Waals surface area contributed by atoms with E-state index in [0.717, 1.165) is 10.9 Å². The van der Waals surface area contributed by atoms with Crippen LogP contribution in [0.1, 0.15) is 40.0 Å². The lowest BCUT2D eigenvalue weighted by Gasteiger charge is -2.63. The zero-order valence-corrected chi connectivity index (χ0v) is 24.6. The summed E-state index contributed by atoms with van der Waals surface area (Å²) in [5.41, 5.74) is -4.80. The third-order valence-electron chi connectivity index (χ3n) is 12.0. The number of carbonyl (C=O) groups excluding carboxylic acids is 3. The molecule has 0 amide bonds. The normalized spacial score (nSPS) is 41.3. The molecule has 3 saturated carbocycles. The van der Waals surface area contributed by atoms with Gasteiger partial charge in [0.15, 0.2) is 23.8 Å². The highest BCUT2D eigenvalue weighted by Crippen LogP contribution is 2.74. The number of benzene rings is 1. The molecule has 1 aromatic carbocycles. The van der Waals surface area contributed by atoms with Gasteiger partial charge >= 0.3 is 5.97 Å². The van der Waals surface area contributed by atoms with Crippen molar-refractivity contribution in [1.29, 1.82) is 0 Å². The van der Waals surface area contributed by atoms with Crippen molar-refractivity contribution in [3.05, 3.63) is 60.2 Å². The highest BCUT2D eigenvalue weighted by molar-refractivity contribution is 6.01. The summed E-state index contributed by atoms with van der Waals surface area (Å²) in [6, 6.07) is 11.7. The summed E-state index contributed by atoms with van der Waals surface area (Å²) < 4.78 is 38.8. The monoisotopic (exact) mass is 590 g/mol. The largest absolute Gasteiger partial charge is 0.458 e. The Hall–Kier alpha value is -3.46. The molecule has 0 bridgehead atoms. The van der Waals surface area contributed by atoms with Crippen molar-refractivity contribution >= 4 is 34.3 Å². The number of anilines is 1. The summed E-state index contributed by atoms with van der Waals surface area (Å²) in [7, 11) is 0. The maximum Gasteiger partial charge on any atom is 0.303 e. The first-order valence-corrected chi connectivity index (χ1v) is 15.1. The van der Waals surface area contributed by atoms with Crippen molar-refractivity contribution in [2.24, 2.45) is 34.0 Å². The number of esters is 1. The van der Waals surface area contributed by atoms with Crippen molar-refractivity contribution in [2.45, 2.75) is 58.0 Å². The molecule has 43 heavy (non-hydrogen) atoms. The lowest BCUT2D eigenvalue weighted by Crippen LogP contribution is -2.69. The minimum absolute atomic E-state index is 0.0203. The van der Waals surface area contributed by atoms with Crippen LogP contribution in [0, 0.1) is 34.0 Å². The van der Waals surface area contributed by atoms with Crippen molar-refractivity contribution in [1.82, 2.24) is 4.98 Å². The maximum atomic E-state index is 17.7. The van der Waals surface area contributed by atoms with Crippen LogP contribution in [0.15, 0.2) is 60.2 Å². The molecule has 1 saturated heterocycles. The predicted molar refractivity (Wildman–Crippen MR) is 156 cm³/mol. The van der Waals surface area contributed by atoms with Crippen LogP contribution < -0.4 is 4.90 Å². The van der Waals surface area contributed by atoms with Gasteiger partial charge in [-0.1, -0.05) is 31.2 Å². The number of ketones is 2. The van der Waals surface area contributed by atoms with Crippen LogP contribution in [-0.4, -0.2) is 65.3 Å². The lowest BCUT2D eigenvalue weighted by molar-refractivity contribution is -0.211. The Balaban J connectivity index is 1.31. The van der Waals surface area contributed by atoms with Crippen LogP contribution in [0.3, 0.4) is 0 Å². The molecular weight excluding hydrogens is 554 g/mol. The van der Waals surface area contributed by atoms with Gasteiger partial charge in [0.05, 0.1) is 17.0 Å². The Morgan fingerprint density at radius 3 is 2.67 bits per heavy atom. The molecule has 4 aliphatic carbocycles. The zero-order chi connectivity index (χ0) is 30.5. The second kappa shape index (κ2) is 9.27. The fraction of sp³-hybridized carbons (Fsp3) is 0.529. The SMILES string of the molecule is CC(=O)OCC(=O)[C@@]12CN(c3ccc4ccccc4n3)C[C@@H]1C[C@H]1[C@@H]3C[C@H](F)C4=CC(=O)C=C[C@]4(C)[C@@]3(F)[C@@H](O)C[C@@]12C. The smallest absolute Gasteiger partial charge is 0.303 e. The van der Waals surface area contributed by atoms with E-state index >= 15 is 8.78 Å². The first kappa shape index (κ1) is 28.3. The van der Waals surface area contributed by atoms with Crippen molar-refractivity contribution < 1.29 is 33.0 Å².